The topological polar surface area (TPSA) is 107 Å². The molecule has 16 heavy (non-hydrogen) atoms. The number of benzene rings is 1. The molecule has 0 aromatic heterocycles. The van der Waals surface area contributed by atoms with Gasteiger partial charge in [-0.2, -0.15) is 0 Å². The normalized spacial score (nSPS) is 11.1. The van der Waals surface area contributed by atoms with Crippen molar-refractivity contribution in [3.8, 4) is 0 Å². The fourth-order valence-corrected chi connectivity index (χ4v) is 1.89. The van der Waals surface area contributed by atoms with E-state index in [4.69, 9.17) is 5.11 Å². The monoisotopic (exact) mass is 247 g/mol. The van der Waals surface area contributed by atoms with Gasteiger partial charge in [-0.05, 0) is 17.7 Å². The fourth-order valence-electron chi connectivity index (χ4n) is 0.983. The summed E-state index contributed by atoms with van der Waals surface area (Å²) in [5, 5.41) is 17.4. The molecule has 1 aromatic rings. The number of hydrogen-bond donors (Lipinski definition) is 1. The van der Waals surface area contributed by atoms with Crippen LogP contribution in [0.5, 0.6) is 0 Å². The zero-order valence-electron chi connectivity index (χ0n) is 8.07. The zero-order valence-corrected chi connectivity index (χ0v) is 8.88. The lowest BCUT2D eigenvalue weighted by Gasteiger charge is -2.03. The van der Waals surface area contributed by atoms with Crippen molar-refractivity contribution in [2.45, 2.75) is 11.5 Å². The fraction of sp³-hybridized carbons (Fsp3) is 0.250. The second-order valence-corrected chi connectivity index (χ2v) is 4.82. The molecule has 0 atom stereocenters. The Hall–Kier alpha value is -1.67. The standard InChI is InChI=1S/C8H9NO6S/c10-5-7-1-3-8(4-2-7)16(13,14)6-15-9(11)12/h1-4,10H,5-6H2. The quantitative estimate of drug-likeness (QED) is 0.585. The highest BCUT2D eigenvalue weighted by Crippen LogP contribution is 2.12. The van der Waals surface area contributed by atoms with Crippen LogP contribution < -0.4 is 0 Å². The van der Waals surface area contributed by atoms with E-state index in [1.165, 1.54) is 24.3 Å². The van der Waals surface area contributed by atoms with Gasteiger partial charge in [0.15, 0.2) is 0 Å². The first-order valence-corrected chi connectivity index (χ1v) is 5.81. The van der Waals surface area contributed by atoms with Gasteiger partial charge in [-0.3, -0.25) is 4.84 Å². The third-order valence-corrected chi connectivity index (χ3v) is 3.18. The van der Waals surface area contributed by atoms with Gasteiger partial charge in [-0.25, -0.2) is 8.42 Å². The van der Waals surface area contributed by atoms with Crippen molar-refractivity contribution in [3.63, 3.8) is 0 Å². The smallest absolute Gasteiger partial charge is 0.295 e. The molecule has 0 fully saturated rings. The second-order valence-electron chi connectivity index (χ2n) is 2.89. The molecule has 0 heterocycles. The summed E-state index contributed by atoms with van der Waals surface area (Å²) in [6.07, 6.45) is 0. The van der Waals surface area contributed by atoms with Crippen molar-refractivity contribution < 1.29 is 23.4 Å². The molecule has 1 N–H and O–H groups in total. The van der Waals surface area contributed by atoms with E-state index in [0.29, 0.717) is 5.56 Å². The van der Waals surface area contributed by atoms with Crippen molar-refractivity contribution in [1.82, 2.24) is 0 Å². The molecule has 0 radical (unpaired) electrons. The summed E-state index contributed by atoms with van der Waals surface area (Å²) in [5.74, 6) is -1.02. The van der Waals surface area contributed by atoms with Crippen LogP contribution in [0.2, 0.25) is 0 Å². The minimum atomic E-state index is -3.83. The minimum Gasteiger partial charge on any atom is -0.392 e. The number of rotatable bonds is 5. The first-order chi connectivity index (χ1) is 7.45. The van der Waals surface area contributed by atoms with E-state index < -0.39 is 20.9 Å². The Labute approximate surface area is 91.3 Å². The van der Waals surface area contributed by atoms with E-state index >= 15 is 0 Å². The molecule has 0 saturated heterocycles. The van der Waals surface area contributed by atoms with Gasteiger partial charge in [0, 0.05) is 0 Å². The van der Waals surface area contributed by atoms with Gasteiger partial charge in [-0.1, -0.05) is 12.1 Å². The summed E-state index contributed by atoms with van der Waals surface area (Å²) in [7, 11) is -3.83. The van der Waals surface area contributed by atoms with E-state index in [-0.39, 0.29) is 11.5 Å². The van der Waals surface area contributed by atoms with Gasteiger partial charge < -0.3 is 5.11 Å². The summed E-state index contributed by atoms with van der Waals surface area (Å²) in [5.41, 5.74) is 0.550. The summed E-state index contributed by atoms with van der Waals surface area (Å²) in [6, 6.07) is 5.34. The largest absolute Gasteiger partial charge is 0.392 e. The number of aliphatic hydroxyl groups is 1. The highest BCUT2D eigenvalue weighted by Gasteiger charge is 2.16. The van der Waals surface area contributed by atoms with E-state index in [0.717, 1.165) is 0 Å². The molecular formula is C8H9NO6S. The first kappa shape index (κ1) is 12.4. The van der Waals surface area contributed by atoms with Crippen LogP contribution in [-0.4, -0.2) is 24.5 Å². The van der Waals surface area contributed by atoms with Crippen LogP contribution in [0, 0.1) is 10.1 Å². The van der Waals surface area contributed by atoms with E-state index in [1.807, 2.05) is 0 Å². The van der Waals surface area contributed by atoms with Crippen LogP contribution in [0.25, 0.3) is 0 Å². The Bertz CT molecular complexity index is 466. The lowest BCUT2D eigenvalue weighted by atomic mass is 10.2. The van der Waals surface area contributed by atoms with Crippen LogP contribution >= 0.6 is 0 Å². The number of aliphatic hydroxyl groups excluding tert-OH is 1. The summed E-state index contributed by atoms with van der Waals surface area (Å²) in [4.78, 5) is 13.6. The van der Waals surface area contributed by atoms with Crippen molar-refractivity contribution in [1.29, 1.82) is 0 Å². The lowest BCUT2D eigenvalue weighted by Crippen LogP contribution is -2.13. The first-order valence-electron chi connectivity index (χ1n) is 4.15. The maximum absolute atomic E-state index is 11.4. The van der Waals surface area contributed by atoms with Crippen LogP contribution in [0.15, 0.2) is 29.2 Å². The molecule has 7 nitrogen and oxygen atoms in total. The predicted molar refractivity (Wildman–Crippen MR) is 52.5 cm³/mol. The molecule has 1 aromatic carbocycles. The second kappa shape index (κ2) is 4.90. The van der Waals surface area contributed by atoms with Crippen LogP contribution in [0.4, 0.5) is 0 Å². The Morgan fingerprint density at radius 1 is 1.31 bits per heavy atom. The molecule has 8 heteroatoms. The summed E-state index contributed by atoms with van der Waals surface area (Å²) in [6.45, 7) is -0.203. The third kappa shape index (κ3) is 3.17. The van der Waals surface area contributed by atoms with Crippen molar-refractivity contribution in [3.05, 3.63) is 39.9 Å². The molecule has 0 aliphatic heterocycles. The summed E-state index contributed by atoms with van der Waals surface area (Å²) >= 11 is 0. The van der Waals surface area contributed by atoms with Gasteiger partial charge >= 0.3 is 0 Å². The Morgan fingerprint density at radius 2 is 1.88 bits per heavy atom. The zero-order chi connectivity index (χ0) is 12.2. The van der Waals surface area contributed by atoms with E-state index in [1.54, 1.807) is 0 Å². The Balaban J connectivity index is 2.85. The van der Waals surface area contributed by atoms with Crippen molar-refractivity contribution in [2.24, 2.45) is 0 Å². The molecular weight excluding hydrogens is 238 g/mol. The molecule has 0 bridgehead atoms. The lowest BCUT2D eigenvalue weighted by molar-refractivity contribution is -0.752. The van der Waals surface area contributed by atoms with Crippen LogP contribution in [0.1, 0.15) is 5.56 Å². The maximum Gasteiger partial charge on any atom is 0.295 e. The molecule has 0 amide bonds. The van der Waals surface area contributed by atoms with Crippen LogP contribution in [-0.2, 0) is 21.3 Å². The van der Waals surface area contributed by atoms with Gasteiger partial charge in [0.2, 0.25) is 15.8 Å². The van der Waals surface area contributed by atoms with Crippen LogP contribution in [0.3, 0.4) is 0 Å². The predicted octanol–water partition coefficient (Wildman–Crippen LogP) is 0.118. The molecule has 0 saturated carbocycles. The summed E-state index contributed by atoms with van der Waals surface area (Å²) < 4.78 is 22.9. The SMILES string of the molecule is O=[N+]([O-])OCS(=O)(=O)c1ccc(CO)cc1. The van der Waals surface area contributed by atoms with Crippen molar-refractivity contribution in [2.75, 3.05) is 5.94 Å². The average Bonchev–Trinajstić information content (AvgIpc) is 2.27. The van der Waals surface area contributed by atoms with Gasteiger partial charge in [0.05, 0.1) is 11.5 Å². The Morgan fingerprint density at radius 3 is 2.31 bits per heavy atom. The van der Waals surface area contributed by atoms with Crippen molar-refractivity contribution >= 4 is 9.84 Å². The molecule has 0 spiro atoms. The van der Waals surface area contributed by atoms with E-state index in [2.05, 4.69) is 4.84 Å². The van der Waals surface area contributed by atoms with Gasteiger partial charge in [0.1, 0.15) is 0 Å². The molecule has 1 rings (SSSR count). The minimum absolute atomic E-state index is 0.0912. The Kier molecular flexibility index (Phi) is 3.80. The average molecular weight is 247 g/mol. The number of sulfone groups is 1. The van der Waals surface area contributed by atoms with Gasteiger partial charge in [-0.15, -0.1) is 10.1 Å². The molecule has 0 aliphatic carbocycles. The molecule has 88 valence electrons. The number of nitrogens with zero attached hydrogens (tertiary/aromatic N) is 1. The highest BCUT2D eigenvalue weighted by atomic mass is 32.2. The molecule has 0 aliphatic rings. The van der Waals surface area contributed by atoms with E-state index in [9.17, 15) is 18.5 Å². The number of hydrogen-bond acceptors (Lipinski definition) is 6. The van der Waals surface area contributed by atoms with Gasteiger partial charge in [0.25, 0.3) is 5.09 Å². The third-order valence-electron chi connectivity index (χ3n) is 1.78. The maximum atomic E-state index is 11.4. The molecule has 0 unspecified atom stereocenters. The highest BCUT2D eigenvalue weighted by molar-refractivity contribution is 7.91.